The van der Waals surface area contributed by atoms with Crippen LogP contribution in [0.4, 0.5) is 0 Å². The standard InChI is InChI=1S/C21H27N3O2/c1-13(2)10-21(4,22)12-26-18-6-5-15(9-14(18)3)16-7-8-23-17-11-24-20(25)19(16)17/h5-9,13H,10-12,22H2,1-4H3,(H,24,25)/t21-/m0/s1. The Labute approximate surface area is 155 Å². The number of rotatable bonds is 6. The van der Waals surface area contributed by atoms with Crippen molar-refractivity contribution in [1.82, 2.24) is 10.3 Å². The van der Waals surface area contributed by atoms with Gasteiger partial charge in [0.1, 0.15) is 12.4 Å². The number of carbonyl (C=O) groups is 1. The average molecular weight is 353 g/mol. The monoisotopic (exact) mass is 353 g/mol. The van der Waals surface area contributed by atoms with Crippen molar-refractivity contribution in [2.24, 2.45) is 11.7 Å². The number of hydrogen-bond donors (Lipinski definition) is 2. The highest BCUT2D eigenvalue weighted by Gasteiger charge is 2.25. The fourth-order valence-corrected chi connectivity index (χ4v) is 3.60. The smallest absolute Gasteiger partial charge is 0.254 e. The Morgan fingerprint density at radius 3 is 2.81 bits per heavy atom. The molecule has 1 aliphatic rings. The van der Waals surface area contributed by atoms with E-state index in [1.165, 1.54) is 0 Å². The average Bonchev–Trinajstić information content (AvgIpc) is 2.94. The first-order valence-corrected chi connectivity index (χ1v) is 9.05. The molecule has 0 unspecified atom stereocenters. The number of fused-ring (bicyclic) bond motifs is 1. The molecule has 0 radical (unpaired) electrons. The minimum absolute atomic E-state index is 0.0614. The second-order valence-electron chi connectivity index (χ2n) is 7.88. The summed E-state index contributed by atoms with van der Waals surface area (Å²) in [6, 6.07) is 7.88. The molecule has 0 bridgehead atoms. The van der Waals surface area contributed by atoms with Crippen molar-refractivity contribution in [2.45, 2.75) is 46.2 Å². The van der Waals surface area contributed by atoms with Gasteiger partial charge in [-0.25, -0.2) is 0 Å². The summed E-state index contributed by atoms with van der Waals surface area (Å²) in [6.45, 7) is 9.32. The number of hydrogen-bond acceptors (Lipinski definition) is 4. The lowest BCUT2D eigenvalue weighted by Gasteiger charge is -2.27. The van der Waals surface area contributed by atoms with Crippen LogP contribution in [0.3, 0.4) is 0 Å². The Bertz CT molecular complexity index is 828. The van der Waals surface area contributed by atoms with E-state index in [0.717, 1.165) is 34.6 Å². The maximum absolute atomic E-state index is 12.1. The third-order valence-electron chi connectivity index (χ3n) is 4.59. The number of benzene rings is 1. The van der Waals surface area contributed by atoms with Gasteiger partial charge in [-0.15, -0.1) is 0 Å². The first-order chi connectivity index (χ1) is 12.3. The molecule has 0 saturated heterocycles. The maximum Gasteiger partial charge on any atom is 0.254 e. The van der Waals surface area contributed by atoms with Crippen molar-refractivity contribution in [3.8, 4) is 16.9 Å². The molecule has 26 heavy (non-hydrogen) atoms. The van der Waals surface area contributed by atoms with Gasteiger partial charge in [-0.2, -0.15) is 0 Å². The SMILES string of the molecule is Cc1cc(-c2ccnc3c2C(=O)NC3)ccc1OC[C@@](C)(N)CC(C)C. The van der Waals surface area contributed by atoms with Crippen molar-refractivity contribution in [1.29, 1.82) is 0 Å². The highest BCUT2D eigenvalue weighted by atomic mass is 16.5. The topological polar surface area (TPSA) is 77.2 Å². The molecule has 5 nitrogen and oxygen atoms in total. The van der Waals surface area contributed by atoms with Crippen molar-refractivity contribution in [2.75, 3.05) is 6.61 Å². The van der Waals surface area contributed by atoms with Crippen LogP contribution in [0.5, 0.6) is 5.75 Å². The summed E-state index contributed by atoms with van der Waals surface area (Å²) >= 11 is 0. The van der Waals surface area contributed by atoms with Gasteiger partial charge in [-0.3, -0.25) is 9.78 Å². The van der Waals surface area contributed by atoms with Crippen LogP contribution in [0, 0.1) is 12.8 Å². The molecule has 0 fully saturated rings. The van der Waals surface area contributed by atoms with Crippen LogP contribution in [0.15, 0.2) is 30.5 Å². The molecule has 5 heteroatoms. The second-order valence-corrected chi connectivity index (χ2v) is 7.88. The molecule has 1 aromatic heterocycles. The van der Waals surface area contributed by atoms with Gasteiger partial charge in [0.15, 0.2) is 0 Å². The number of pyridine rings is 1. The van der Waals surface area contributed by atoms with Crippen LogP contribution >= 0.6 is 0 Å². The van der Waals surface area contributed by atoms with E-state index >= 15 is 0 Å². The van der Waals surface area contributed by atoms with E-state index in [1.54, 1.807) is 6.20 Å². The van der Waals surface area contributed by atoms with Gasteiger partial charge < -0.3 is 15.8 Å². The lowest BCUT2D eigenvalue weighted by molar-refractivity contribution is 0.0966. The Hall–Kier alpha value is -2.40. The summed E-state index contributed by atoms with van der Waals surface area (Å²) in [5.41, 5.74) is 10.4. The van der Waals surface area contributed by atoms with Crippen molar-refractivity contribution < 1.29 is 9.53 Å². The number of ether oxygens (including phenoxy) is 1. The first-order valence-electron chi connectivity index (χ1n) is 9.05. The van der Waals surface area contributed by atoms with Crippen LogP contribution in [-0.2, 0) is 6.54 Å². The summed E-state index contributed by atoms with van der Waals surface area (Å²) in [5.74, 6) is 1.29. The van der Waals surface area contributed by atoms with E-state index in [9.17, 15) is 4.79 Å². The molecule has 1 atom stereocenters. The normalized spacial score (nSPS) is 15.5. The molecule has 138 valence electrons. The summed E-state index contributed by atoms with van der Waals surface area (Å²) in [7, 11) is 0. The minimum atomic E-state index is -0.358. The lowest BCUT2D eigenvalue weighted by Crippen LogP contribution is -2.43. The quantitative estimate of drug-likeness (QED) is 0.834. The highest BCUT2D eigenvalue weighted by Crippen LogP contribution is 2.31. The van der Waals surface area contributed by atoms with Gasteiger partial charge in [-0.05, 0) is 61.1 Å². The van der Waals surface area contributed by atoms with Gasteiger partial charge in [0.2, 0.25) is 0 Å². The number of nitrogens with two attached hydrogens (primary N) is 1. The molecule has 2 aromatic rings. The summed E-state index contributed by atoms with van der Waals surface area (Å²) in [4.78, 5) is 16.4. The molecule has 0 aliphatic carbocycles. The Balaban J connectivity index is 1.81. The predicted molar refractivity (Wildman–Crippen MR) is 103 cm³/mol. The van der Waals surface area contributed by atoms with Gasteiger partial charge in [0.25, 0.3) is 5.91 Å². The Morgan fingerprint density at radius 2 is 2.12 bits per heavy atom. The van der Waals surface area contributed by atoms with Gasteiger partial charge in [-0.1, -0.05) is 19.9 Å². The van der Waals surface area contributed by atoms with Gasteiger partial charge in [0.05, 0.1) is 17.8 Å². The first kappa shape index (κ1) is 18.4. The molecular weight excluding hydrogens is 326 g/mol. The zero-order chi connectivity index (χ0) is 18.9. The number of nitrogens with zero attached hydrogens (tertiary/aromatic N) is 1. The Morgan fingerprint density at radius 1 is 1.35 bits per heavy atom. The van der Waals surface area contributed by atoms with Crippen molar-refractivity contribution in [3.05, 3.63) is 47.3 Å². The molecule has 0 saturated carbocycles. The van der Waals surface area contributed by atoms with Crippen molar-refractivity contribution in [3.63, 3.8) is 0 Å². The molecule has 2 heterocycles. The molecule has 3 N–H and O–H groups in total. The Kier molecular flexibility index (Phi) is 5.01. The number of amides is 1. The third kappa shape index (κ3) is 3.88. The molecule has 1 amide bonds. The summed E-state index contributed by atoms with van der Waals surface area (Å²) in [6.07, 6.45) is 2.66. The highest BCUT2D eigenvalue weighted by molar-refractivity contribution is 6.04. The van der Waals surface area contributed by atoms with Gasteiger partial charge in [0, 0.05) is 11.7 Å². The number of aromatic nitrogens is 1. The van der Waals surface area contributed by atoms with Crippen LogP contribution in [-0.4, -0.2) is 23.0 Å². The summed E-state index contributed by atoms with van der Waals surface area (Å²) in [5, 5.41) is 2.83. The zero-order valence-electron chi connectivity index (χ0n) is 15.9. The largest absolute Gasteiger partial charge is 0.491 e. The predicted octanol–water partition coefficient (Wildman–Crippen LogP) is 3.44. The van der Waals surface area contributed by atoms with E-state index in [2.05, 4.69) is 24.1 Å². The van der Waals surface area contributed by atoms with Crippen LogP contribution in [0.25, 0.3) is 11.1 Å². The van der Waals surface area contributed by atoms with E-state index in [0.29, 0.717) is 24.6 Å². The summed E-state index contributed by atoms with van der Waals surface area (Å²) < 4.78 is 5.99. The van der Waals surface area contributed by atoms with E-state index < -0.39 is 0 Å². The van der Waals surface area contributed by atoms with Crippen molar-refractivity contribution >= 4 is 5.91 Å². The second kappa shape index (κ2) is 7.08. The lowest BCUT2D eigenvalue weighted by atomic mass is 9.93. The molecule has 0 spiro atoms. The molecule has 1 aliphatic heterocycles. The number of carbonyl (C=O) groups excluding carboxylic acids is 1. The fraction of sp³-hybridized carbons (Fsp3) is 0.429. The van der Waals surface area contributed by atoms with E-state index in [1.807, 2.05) is 38.1 Å². The number of nitrogens with one attached hydrogen (secondary N) is 1. The zero-order valence-corrected chi connectivity index (χ0v) is 15.9. The van der Waals surface area contributed by atoms with E-state index in [4.69, 9.17) is 10.5 Å². The third-order valence-corrected chi connectivity index (χ3v) is 4.59. The minimum Gasteiger partial charge on any atom is -0.491 e. The number of aryl methyl sites for hydroxylation is 1. The van der Waals surface area contributed by atoms with Crippen LogP contribution in [0.1, 0.15) is 48.8 Å². The van der Waals surface area contributed by atoms with Crippen LogP contribution in [0.2, 0.25) is 0 Å². The van der Waals surface area contributed by atoms with Gasteiger partial charge >= 0.3 is 0 Å². The molecule has 3 rings (SSSR count). The maximum atomic E-state index is 12.1. The molecule has 1 aromatic carbocycles. The van der Waals surface area contributed by atoms with Crippen LogP contribution < -0.4 is 15.8 Å². The fourth-order valence-electron chi connectivity index (χ4n) is 3.60. The molecular formula is C21H27N3O2. The van der Waals surface area contributed by atoms with E-state index in [-0.39, 0.29) is 11.4 Å².